The van der Waals surface area contributed by atoms with Crippen LogP contribution in [0.5, 0.6) is 0 Å². The van der Waals surface area contributed by atoms with E-state index in [1.165, 1.54) is 25.7 Å². The minimum Gasteiger partial charge on any atom is -1.00 e. The van der Waals surface area contributed by atoms with Crippen LogP contribution in [0.1, 0.15) is 25.7 Å². The van der Waals surface area contributed by atoms with Crippen LogP contribution < -0.4 is 12.4 Å². The minimum absolute atomic E-state index is 0. The second kappa shape index (κ2) is 13.5. The molecule has 0 aliphatic heterocycles. The Morgan fingerprint density at radius 3 is 1.46 bits per heavy atom. The van der Waals surface area contributed by atoms with Crippen molar-refractivity contribution in [3.05, 3.63) is 97.8 Å². The molecule has 134 valence electrons. The first-order valence-corrected chi connectivity index (χ1v) is 9.21. The molecule has 0 N–H and O–H groups in total. The third-order valence-corrected chi connectivity index (χ3v) is 5.08. The normalized spacial score (nSPS) is 28.9. The molecule has 26 heavy (non-hydrogen) atoms. The first kappa shape index (κ1) is 23.4. The van der Waals surface area contributed by atoms with Crippen LogP contribution in [-0.4, -0.2) is 0 Å². The predicted molar refractivity (Wildman–Crippen MR) is 103 cm³/mol. The van der Waals surface area contributed by atoms with Crippen molar-refractivity contribution in [1.29, 1.82) is 0 Å². The third-order valence-electron chi connectivity index (χ3n) is 5.08. The van der Waals surface area contributed by atoms with Crippen LogP contribution in [0.15, 0.2) is 78.9 Å². The summed E-state index contributed by atoms with van der Waals surface area (Å²) in [7, 11) is 0. The Morgan fingerprint density at radius 2 is 1.12 bits per heavy atom. The van der Waals surface area contributed by atoms with Crippen LogP contribution in [0.4, 0.5) is 0 Å². The molecular weight excluding hydrogens is 415 g/mol. The Balaban J connectivity index is 0.000000192. The van der Waals surface area contributed by atoms with E-state index in [2.05, 4.69) is 67.5 Å². The molecule has 4 aliphatic rings. The molecule has 4 atom stereocenters. The summed E-state index contributed by atoms with van der Waals surface area (Å²) in [5, 5.41) is 0. The van der Waals surface area contributed by atoms with E-state index in [1.807, 2.05) is 30.3 Å². The van der Waals surface area contributed by atoms with E-state index in [4.69, 9.17) is 0 Å². The standard InChI is InChI=1S/2C9H11.C6H5.ClH.Zr/c2*1-2-5-9-7-3-6-8(9)4-1;1-2-4-6-5-3-1;;/h2*1-2,4-6,8-9H,3,7H2;1-5H;1H;/q3*-1;;+4/p-1. The second-order valence-corrected chi connectivity index (χ2v) is 6.73. The topological polar surface area (TPSA) is 0 Å². The van der Waals surface area contributed by atoms with Gasteiger partial charge in [0.2, 0.25) is 0 Å². The van der Waals surface area contributed by atoms with Crippen LogP contribution in [0.3, 0.4) is 0 Å². The average Bonchev–Trinajstić information content (AvgIpc) is 3.33. The van der Waals surface area contributed by atoms with Gasteiger partial charge in [-0.15, -0.1) is 24.0 Å². The Labute approximate surface area is 185 Å². The first-order valence-electron chi connectivity index (χ1n) is 9.21. The van der Waals surface area contributed by atoms with Crippen molar-refractivity contribution in [3.8, 4) is 0 Å². The number of fused-ring (bicyclic) bond motifs is 2. The largest absolute Gasteiger partial charge is 4.00 e. The Bertz CT molecular complexity index is 487. The fourth-order valence-corrected chi connectivity index (χ4v) is 3.73. The van der Waals surface area contributed by atoms with E-state index in [-0.39, 0.29) is 38.6 Å². The van der Waals surface area contributed by atoms with Crippen molar-refractivity contribution >= 4 is 0 Å². The Morgan fingerprint density at radius 1 is 0.654 bits per heavy atom. The van der Waals surface area contributed by atoms with E-state index in [0.717, 1.165) is 23.7 Å². The molecule has 4 unspecified atom stereocenters. The summed E-state index contributed by atoms with van der Waals surface area (Å²) in [6.07, 6.45) is 28.1. The number of hydrogen-bond acceptors (Lipinski definition) is 0. The zero-order valence-corrected chi connectivity index (χ0v) is 18.4. The summed E-state index contributed by atoms with van der Waals surface area (Å²) in [5.74, 6) is 3.23. The molecule has 0 radical (unpaired) electrons. The summed E-state index contributed by atoms with van der Waals surface area (Å²) in [4.78, 5) is 0. The van der Waals surface area contributed by atoms with Gasteiger partial charge in [0.1, 0.15) is 0 Å². The van der Waals surface area contributed by atoms with E-state index >= 15 is 0 Å². The Kier molecular flexibility index (Phi) is 12.2. The van der Waals surface area contributed by atoms with E-state index < -0.39 is 0 Å². The van der Waals surface area contributed by atoms with Crippen molar-refractivity contribution in [2.75, 3.05) is 0 Å². The SMILES string of the molecule is C1=CC2[CH-]CCC2C=C1.C1=CC2[CH-]CCC2C=C1.[Cl-].[Zr+4].[c-]1ccccc1. The Hall–Kier alpha value is -0.647. The predicted octanol–water partition coefficient (Wildman–Crippen LogP) is 3.17. The molecule has 2 fully saturated rings. The van der Waals surface area contributed by atoms with Gasteiger partial charge in [0, 0.05) is 0 Å². The van der Waals surface area contributed by atoms with Gasteiger partial charge < -0.3 is 25.2 Å². The van der Waals surface area contributed by atoms with Gasteiger partial charge >= 0.3 is 26.2 Å². The van der Waals surface area contributed by atoms with Crippen LogP contribution in [0.25, 0.3) is 0 Å². The minimum atomic E-state index is 0. The van der Waals surface area contributed by atoms with Crippen molar-refractivity contribution in [2.45, 2.75) is 25.7 Å². The zero-order valence-electron chi connectivity index (χ0n) is 15.2. The van der Waals surface area contributed by atoms with Crippen molar-refractivity contribution in [1.82, 2.24) is 0 Å². The van der Waals surface area contributed by atoms with Gasteiger partial charge in [0.05, 0.1) is 0 Å². The fourth-order valence-electron chi connectivity index (χ4n) is 3.73. The molecule has 1 aromatic rings. The van der Waals surface area contributed by atoms with Gasteiger partial charge in [-0.25, -0.2) is 0 Å². The fraction of sp³-hybridized carbons (Fsp3) is 0.333. The number of halogens is 1. The monoisotopic (exact) mass is 440 g/mol. The molecule has 0 nitrogen and oxygen atoms in total. The van der Waals surface area contributed by atoms with Crippen molar-refractivity contribution in [2.24, 2.45) is 23.7 Å². The van der Waals surface area contributed by atoms with E-state index in [9.17, 15) is 0 Å². The van der Waals surface area contributed by atoms with Crippen LogP contribution in [0.2, 0.25) is 0 Å². The van der Waals surface area contributed by atoms with Gasteiger partial charge in [0.15, 0.2) is 0 Å². The molecule has 0 saturated heterocycles. The smallest absolute Gasteiger partial charge is 1.00 e. The summed E-state index contributed by atoms with van der Waals surface area (Å²) >= 11 is 0. The molecule has 2 heteroatoms. The van der Waals surface area contributed by atoms with Gasteiger partial charge in [-0.05, 0) is 11.8 Å². The molecule has 0 spiro atoms. The van der Waals surface area contributed by atoms with E-state index in [1.54, 1.807) is 0 Å². The van der Waals surface area contributed by atoms with Crippen LogP contribution >= 0.6 is 0 Å². The van der Waals surface area contributed by atoms with E-state index in [0.29, 0.717) is 0 Å². The maximum atomic E-state index is 2.89. The molecule has 0 aromatic heterocycles. The number of rotatable bonds is 0. The zero-order chi connectivity index (χ0) is 16.5. The van der Waals surface area contributed by atoms with Crippen molar-refractivity contribution < 1.29 is 38.6 Å². The summed E-state index contributed by atoms with van der Waals surface area (Å²) in [5.41, 5.74) is 0. The van der Waals surface area contributed by atoms with Gasteiger partial charge in [0.25, 0.3) is 0 Å². The number of allylic oxidation sites excluding steroid dienone is 8. The summed E-state index contributed by atoms with van der Waals surface area (Å²) in [6, 6.07) is 12.5. The molecule has 0 heterocycles. The molecule has 4 aliphatic carbocycles. The molecular formula is C24H27ClZr. The molecule has 2 saturated carbocycles. The first-order chi connectivity index (χ1) is 11.9. The number of hydrogen-bond donors (Lipinski definition) is 0. The van der Waals surface area contributed by atoms with Gasteiger partial charge in [-0.2, -0.15) is 49.2 Å². The molecule has 0 bridgehead atoms. The van der Waals surface area contributed by atoms with Crippen molar-refractivity contribution in [3.63, 3.8) is 0 Å². The van der Waals surface area contributed by atoms with Gasteiger partial charge in [-0.1, -0.05) is 49.3 Å². The summed E-state index contributed by atoms with van der Waals surface area (Å²) in [6.45, 7) is 0. The average molecular weight is 442 g/mol. The maximum absolute atomic E-state index is 2.89. The molecule has 5 rings (SSSR count). The second-order valence-electron chi connectivity index (χ2n) is 6.73. The maximum Gasteiger partial charge on any atom is 4.00 e. The van der Waals surface area contributed by atoms with Crippen LogP contribution in [0, 0.1) is 42.6 Å². The molecule has 0 amide bonds. The summed E-state index contributed by atoms with van der Waals surface area (Å²) < 4.78 is 0. The molecule has 1 aromatic carbocycles. The van der Waals surface area contributed by atoms with Crippen LogP contribution in [-0.2, 0) is 26.2 Å². The number of benzene rings is 1. The van der Waals surface area contributed by atoms with Gasteiger partial charge in [-0.3, -0.25) is 0 Å². The third kappa shape index (κ3) is 7.53. The quantitative estimate of drug-likeness (QED) is 0.542.